The maximum atomic E-state index is 12.3. The van der Waals surface area contributed by atoms with Gasteiger partial charge >= 0.3 is 0 Å². The molecule has 0 spiro atoms. The van der Waals surface area contributed by atoms with Crippen LogP contribution in [0.5, 0.6) is 0 Å². The summed E-state index contributed by atoms with van der Waals surface area (Å²) in [6.07, 6.45) is 0. The van der Waals surface area contributed by atoms with Gasteiger partial charge in [-0.15, -0.1) is 11.3 Å². The van der Waals surface area contributed by atoms with Gasteiger partial charge in [0.1, 0.15) is 0 Å². The van der Waals surface area contributed by atoms with Crippen LogP contribution in [0, 0.1) is 19.8 Å². The molecule has 5 heteroatoms. The van der Waals surface area contributed by atoms with Gasteiger partial charge in [0.2, 0.25) is 0 Å². The zero-order valence-corrected chi connectivity index (χ0v) is 14.3. The van der Waals surface area contributed by atoms with Gasteiger partial charge in [-0.2, -0.15) is 0 Å². The van der Waals surface area contributed by atoms with Crippen molar-refractivity contribution in [3.8, 4) is 0 Å². The number of hydrogen-bond donors (Lipinski definition) is 1. The van der Waals surface area contributed by atoms with Gasteiger partial charge in [0.25, 0.3) is 5.91 Å². The Morgan fingerprint density at radius 2 is 2.05 bits per heavy atom. The highest BCUT2D eigenvalue weighted by Gasteiger charge is 2.24. The van der Waals surface area contributed by atoms with E-state index in [1.807, 2.05) is 13.0 Å². The first-order valence-electron chi connectivity index (χ1n) is 7.66. The van der Waals surface area contributed by atoms with Crippen molar-refractivity contribution in [3.05, 3.63) is 21.4 Å². The highest BCUT2D eigenvalue weighted by Crippen LogP contribution is 2.20. The minimum absolute atomic E-state index is 0.0510. The molecule has 4 nitrogen and oxygen atoms in total. The molecule has 0 radical (unpaired) electrons. The molecule has 1 atom stereocenters. The van der Waals surface area contributed by atoms with Crippen LogP contribution in [0.4, 0.5) is 0 Å². The summed E-state index contributed by atoms with van der Waals surface area (Å²) in [7, 11) is 0. The van der Waals surface area contributed by atoms with Crippen molar-refractivity contribution in [2.24, 2.45) is 5.92 Å². The van der Waals surface area contributed by atoms with Crippen molar-refractivity contribution in [1.29, 1.82) is 0 Å². The summed E-state index contributed by atoms with van der Waals surface area (Å²) in [5.74, 6) is 0.560. The number of carbonyl (C=O) groups excluding carboxylic acids is 1. The Balaban J connectivity index is 1.93. The molecule has 118 valence electrons. The van der Waals surface area contributed by atoms with E-state index in [2.05, 4.69) is 31.0 Å². The summed E-state index contributed by atoms with van der Waals surface area (Å²) in [4.78, 5) is 16.7. The number of rotatable bonds is 5. The molecule has 1 aromatic heterocycles. The molecule has 0 saturated carbocycles. The van der Waals surface area contributed by atoms with E-state index in [9.17, 15) is 4.79 Å². The normalized spacial score (nSPS) is 18.0. The van der Waals surface area contributed by atoms with Gasteiger partial charge in [-0.1, -0.05) is 13.8 Å². The minimum Gasteiger partial charge on any atom is -0.379 e. The fraction of sp³-hybridized carbons (Fsp3) is 0.688. The molecule has 1 aliphatic rings. The van der Waals surface area contributed by atoms with Gasteiger partial charge in [0, 0.05) is 30.6 Å². The smallest absolute Gasteiger partial charge is 0.261 e. The number of hydrogen-bond acceptors (Lipinski definition) is 4. The van der Waals surface area contributed by atoms with Crippen LogP contribution >= 0.6 is 11.3 Å². The van der Waals surface area contributed by atoms with Crippen LogP contribution < -0.4 is 5.32 Å². The number of morpholine rings is 1. The summed E-state index contributed by atoms with van der Waals surface area (Å²) < 4.78 is 5.41. The summed E-state index contributed by atoms with van der Waals surface area (Å²) >= 11 is 1.57. The fourth-order valence-electron chi connectivity index (χ4n) is 2.67. The van der Waals surface area contributed by atoms with Crippen LogP contribution in [0.15, 0.2) is 6.07 Å². The van der Waals surface area contributed by atoms with Crippen molar-refractivity contribution >= 4 is 17.2 Å². The zero-order valence-electron chi connectivity index (χ0n) is 13.4. The van der Waals surface area contributed by atoms with E-state index in [1.54, 1.807) is 11.3 Å². The Labute approximate surface area is 131 Å². The minimum atomic E-state index is 0.0510. The van der Waals surface area contributed by atoms with E-state index in [0.717, 1.165) is 31.2 Å². The predicted octanol–water partition coefficient (Wildman–Crippen LogP) is 2.45. The van der Waals surface area contributed by atoms with E-state index in [1.165, 1.54) is 10.4 Å². The molecule has 1 aliphatic heterocycles. The molecule has 0 aliphatic carbocycles. The lowest BCUT2D eigenvalue weighted by Crippen LogP contribution is -2.51. The van der Waals surface area contributed by atoms with E-state index in [4.69, 9.17) is 4.74 Å². The van der Waals surface area contributed by atoms with Crippen molar-refractivity contribution in [2.45, 2.75) is 33.7 Å². The maximum absolute atomic E-state index is 12.3. The fourth-order valence-corrected chi connectivity index (χ4v) is 3.62. The molecular formula is C16H26N2O2S. The molecule has 21 heavy (non-hydrogen) atoms. The standard InChI is InChI=1S/C16H26N2O2S/c1-11(2)14(18-5-7-20-8-6-18)10-17-16(19)15-9-12(3)13(4)21-15/h9,11,14H,5-8,10H2,1-4H3,(H,17,19). The third-order valence-corrected chi connectivity index (χ3v) is 5.30. The second kappa shape index (κ2) is 7.38. The third-order valence-electron chi connectivity index (χ3n) is 4.15. The molecule has 2 rings (SSSR count). The first-order chi connectivity index (χ1) is 9.99. The summed E-state index contributed by atoms with van der Waals surface area (Å²) in [5.41, 5.74) is 1.19. The SMILES string of the molecule is Cc1cc(C(=O)NCC(C(C)C)N2CCOCC2)sc1C. The molecular weight excluding hydrogens is 284 g/mol. The first kappa shape index (κ1) is 16.5. The number of amides is 1. The summed E-state index contributed by atoms with van der Waals surface area (Å²) in [6, 6.07) is 2.36. The van der Waals surface area contributed by atoms with Gasteiger partial charge in [-0.05, 0) is 31.4 Å². The maximum Gasteiger partial charge on any atom is 0.261 e. The second-order valence-electron chi connectivity index (χ2n) is 6.02. The summed E-state index contributed by atoms with van der Waals surface area (Å²) in [5, 5.41) is 3.11. The van der Waals surface area contributed by atoms with Gasteiger partial charge in [-0.3, -0.25) is 9.69 Å². The largest absolute Gasteiger partial charge is 0.379 e. The molecule has 0 bridgehead atoms. The third kappa shape index (κ3) is 4.28. The Kier molecular flexibility index (Phi) is 5.79. The van der Waals surface area contributed by atoms with E-state index >= 15 is 0 Å². The van der Waals surface area contributed by atoms with Crippen LogP contribution in [-0.4, -0.2) is 49.7 Å². The van der Waals surface area contributed by atoms with Gasteiger partial charge in [0.15, 0.2) is 0 Å². The Bertz CT molecular complexity index is 459. The molecule has 2 heterocycles. The van der Waals surface area contributed by atoms with Crippen molar-refractivity contribution in [2.75, 3.05) is 32.8 Å². The van der Waals surface area contributed by atoms with Crippen molar-refractivity contribution in [1.82, 2.24) is 10.2 Å². The van der Waals surface area contributed by atoms with Crippen molar-refractivity contribution in [3.63, 3.8) is 0 Å². The second-order valence-corrected chi connectivity index (χ2v) is 7.28. The van der Waals surface area contributed by atoms with Crippen LogP contribution in [0.25, 0.3) is 0 Å². The lowest BCUT2D eigenvalue weighted by atomic mass is 10.0. The molecule has 1 N–H and O–H groups in total. The van der Waals surface area contributed by atoms with Crippen LogP contribution in [0.1, 0.15) is 34.0 Å². The average molecular weight is 310 g/mol. The number of ether oxygens (including phenoxy) is 1. The molecule has 1 aromatic rings. The molecule has 1 amide bonds. The van der Waals surface area contributed by atoms with Crippen molar-refractivity contribution < 1.29 is 9.53 Å². The van der Waals surface area contributed by atoms with E-state index < -0.39 is 0 Å². The lowest BCUT2D eigenvalue weighted by molar-refractivity contribution is 0.00674. The highest BCUT2D eigenvalue weighted by atomic mass is 32.1. The number of carbonyl (C=O) groups is 1. The average Bonchev–Trinajstić information content (AvgIpc) is 2.79. The Morgan fingerprint density at radius 1 is 1.38 bits per heavy atom. The van der Waals surface area contributed by atoms with Gasteiger partial charge < -0.3 is 10.1 Å². The topological polar surface area (TPSA) is 41.6 Å². The first-order valence-corrected chi connectivity index (χ1v) is 8.47. The lowest BCUT2D eigenvalue weighted by Gasteiger charge is -2.36. The number of thiophene rings is 1. The van der Waals surface area contributed by atoms with E-state index in [-0.39, 0.29) is 5.91 Å². The van der Waals surface area contributed by atoms with Crippen LogP contribution in [0.3, 0.4) is 0 Å². The molecule has 1 fully saturated rings. The number of nitrogens with zero attached hydrogens (tertiary/aromatic N) is 1. The molecule has 0 aromatic carbocycles. The zero-order chi connectivity index (χ0) is 15.4. The highest BCUT2D eigenvalue weighted by molar-refractivity contribution is 7.14. The van der Waals surface area contributed by atoms with Gasteiger partial charge in [-0.25, -0.2) is 0 Å². The van der Waals surface area contributed by atoms with Crippen LogP contribution in [0.2, 0.25) is 0 Å². The predicted molar refractivity (Wildman–Crippen MR) is 87.1 cm³/mol. The molecule has 1 unspecified atom stereocenters. The monoisotopic (exact) mass is 310 g/mol. The quantitative estimate of drug-likeness (QED) is 0.908. The Morgan fingerprint density at radius 3 is 2.57 bits per heavy atom. The van der Waals surface area contributed by atoms with Gasteiger partial charge in [0.05, 0.1) is 18.1 Å². The Hall–Kier alpha value is -0.910. The summed E-state index contributed by atoms with van der Waals surface area (Å²) in [6.45, 7) is 12.7. The molecule has 1 saturated heterocycles. The van der Waals surface area contributed by atoms with E-state index in [0.29, 0.717) is 18.5 Å². The van der Waals surface area contributed by atoms with Crippen LogP contribution in [-0.2, 0) is 4.74 Å². The number of aryl methyl sites for hydroxylation is 2. The number of nitrogens with one attached hydrogen (secondary N) is 1.